The molecule has 1 unspecified atom stereocenters. The third-order valence-electron chi connectivity index (χ3n) is 4.07. The molecule has 1 aliphatic carbocycles. The number of nitrogens with one attached hydrogen (secondary N) is 1. The Morgan fingerprint density at radius 2 is 2.00 bits per heavy atom. The van der Waals surface area contributed by atoms with Crippen molar-refractivity contribution in [2.24, 2.45) is 0 Å². The van der Waals surface area contributed by atoms with E-state index in [2.05, 4.69) is 57.3 Å². The molecule has 3 nitrogen and oxygen atoms in total. The SMILES string of the molecule is CCNC(CCN(CCOC)C1CC1)c1ccc(Br)cc1. The molecule has 21 heavy (non-hydrogen) atoms. The largest absolute Gasteiger partial charge is 0.383 e. The van der Waals surface area contributed by atoms with E-state index >= 15 is 0 Å². The number of ether oxygens (including phenoxy) is 1. The van der Waals surface area contributed by atoms with Gasteiger partial charge in [-0.2, -0.15) is 0 Å². The smallest absolute Gasteiger partial charge is 0.0589 e. The van der Waals surface area contributed by atoms with E-state index in [0.717, 1.165) is 43.2 Å². The normalized spacial score (nSPS) is 16.4. The van der Waals surface area contributed by atoms with Crippen LogP contribution in [0.5, 0.6) is 0 Å². The van der Waals surface area contributed by atoms with E-state index in [4.69, 9.17) is 4.74 Å². The zero-order chi connectivity index (χ0) is 15.1. The van der Waals surface area contributed by atoms with Crippen molar-refractivity contribution in [2.45, 2.75) is 38.3 Å². The van der Waals surface area contributed by atoms with Crippen LogP contribution in [0, 0.1) is 0 Å². The number of hydrogen-bond donors (Lipinski definition) is 1. The van der Waals surface area contributed by atoms with Gasteiger partial charge in [-0.05, 0) is 43.5 Å². The zero-order valence-electron chi connectivity index (χ0n) is 13.1. The Balaban J connectivity index is 1.90. The summed E-state index contributed by atoms with van der Waals surface area (Å²) in [5.41, 5.74) is 1.38. The molecule has 1 fully saturated rings. The van der Waals surface area contributed by atoms with Gasteiger partial charge in [-0.25, -0.2) is 0 Å². The van der Waals surface area contributed by atoms with E-state index in [9.17, 15) is 0 Å². The highest BCUT2D eigenvalue weighted by molar-refractivity contribution is 9.10. The average Bonchev–Trinajstić information content (AvgIpc) is 3.32. The summed E-state index contributed by atoms with van der Waals surface area (Å²) in [4.78, 5) is 2.59. The fourth-order valence-electron chi connectivity index (χ4n) is 2.75. The van der Waals surface area contributed by atoms with Gasteiger partial charge in [0.25, 0.3) is 0 Å². The highest BCUT2D eigenvalue weighted by Crippen LogP contribution is 2.28. The third-order valence-corrected chi connectivity index (χ3v) is 4.60. The van der Waals surface area contributed by atoms with Crippen LogP contribution in [0.3, 0.4) is 0 Å². The molecule has 0 aliphatic heterocycles. The van der Waals surface area contributed by atoms with Crippen molar-refractivity contribution >= 4 is 15.9 Å². The Labute approximate surface area is 137 Å². The van der Waals surface area contributed by atoms with Gasteiger partial charge in [-0.15, -0.1) is 0 Å². The second-order valence-corrected chi connectivity index (χ2v) is 6.63. The van der Waals surface area contributed by atoms with Crippen molar-refractivity contribution in [3.05, 3.63) is 34.3 Å². The quantitative estimate of drug-likeness (QED) is 0.694. The van der Waals surface area contributed by atoms with Crippen molar-refractivity contribution in [3.63, 3.8) is 0 Å². The topological polar surface area (TPSA) is 24.5 Å². The van der Waals surface area contributed by atoms with E-state index in [1.165, 1.54) is 18.4 Å². The molecule has 4 heteroatoms. The Morgan fingerprint density at radius 1 is 1.29 bits per heavy atom. The summed E-state index contributed by atoms with van der Waals surface area (Å²) in [7, 11) is 1.79. The molecule has 1 N–H and O–H groups in total. The summed E-state index contributed by atoms with van der Waals surface area (Å²) in [5, 5.41) is 3.62. The second kappa shape index (κ2) is 8.89. The lowest BCUT2D eigenvalue weighted by Crippen LogP contribution is -2.33. The van der Waals surface area contributed by atoms with Gasteiger partial charge in [0.15, 0.2) is 0 Å². The minimum absolute atomic E-state index is 0.437. The van der Waals surface area contributed by atoms with Crippen LogP contribution in [-0.2, 0) is 4.74 Å². The lowest BCUT2D eigenvalue weighted by atomic mass is 10.0. The van der Waals surface area contributed by atoms with Gasteiger partial charge in [0, 0.05) is 36.8 Å². The Bertz CT molecular complexity index is 406. The number of benzene rings is 1. The molecule has 1 atom stereocenters. The maximum absolute atomic E-state index is 5.24. The summed E-state index contributed by atoms with van der Waals surface area (Å²) in [6, 6.07) is 9.92. The van der Waals surface area contributed by atoms with Crippen molar-refractivity contribution in [1.29, 1.82) is 0 Å². The van der Waals surface area contributed by atoms with E-state index < -0.39 is 0 Å². The summed E-state index contributed by atoms with van der Waals surface area (Å²) in [5.74, 6) is 0. The first-order valence-corrected chi connectivity index (χ1v) is 8.75. The molecule has 0 heterocycles. The van der Waals surface area contributed by atoms with Gasteiger partial charge in [-0.1, -0.05) is 35.0 Å². The van der Waals surface area contributed by atoms with Gasteiger partial charge in [-0.3, -0.25) is 4.90 Å². The molecule has 0 spiro atoms. The molecule has 2 rings (SSSR count). The third kappa shape index (κ3) is 5.70. The van der Waals surface area contributed by atoms with Gasteiger partial charge in [0.05, 0.1) is 6.61 Å². The molecular formula is C17H27BrN2O. The predicted octanol–water partition coefficient (Wildman–Crippen LogP) is 3.60. The van der Waals surface area contributed by atoms with Crippen LogP contribution < -0.4 is 5.32 Å². The molecule has 0 bridgehead atoms. The first-order valence-electron chi connectivity index (χ1n) is 7.96. The molecule has 1 aliphatic rings. The molecule has 1 aromatic carbocycles. The summed E-state index contributed by atoms with van der Waals surface area (Å²) in [6.07, 6.45) is 3.86. The summed E-state index contributed by atoms with van der Waals surface area (Å²) >= 11 is 3.51. The lowest BCUT2D eigenvalue weighted by Gasteiger charge is -2.25. The lowest BCUT2D eigenvalue weighted by molar-refractivity contribution is 0.140. The van der Waals surface area contributed by atoms with Crippen molar-refractivity contribution in [1.82, 2.24) is 10.2 Å². The molecule has 0 saturated heterocycles. The van der Waals surface area contributed by atoms with Crippen LogP contribution in [-0.4, -0.2) is 44.3 Å². The van der Waals surface area contributed by atoms with E-state index in [-0.39, 0.29) is 0 Å². The van der Waals surface area contributed by atoms with Crippen molar-refractivity contribution in [3.8, 4) is 0 Å². The van der Waals surface area contributed by atoms with Gasteiger partial charge >= 0.3 is 0 Å². The van der Waals surface area contributed by atoms with Crippen LogP contribution in [0.1, 0.15) is 37.8 Å². The highest BCUT2D eigenvalue weighted by Gasteiger charge is 2.28. The molecule has 0 radical (unpaired) electrons. The fourth-order valence-corrected chi connectivity index (χ4v) is 3.01. The standard InChI is InChI=1S/C17H27BrN2O/c1-3-19-17(14-4-6-15(18)7-5-14)10-11-20(12-13-21-2)16-8-9-16/h4-7,16-17,19H,3,8-13H2,1-2H3. The van der Waals surface area contributed by atoms with Crippen molar-refractivity contribution < 1.29 is 4.74 Å². The Hall–Kier alpha value is -0.420. The van der Waals surface area contributed by atoms with Crippen LogP contribution in [0.25, 0.3) is 0 Å². The molecule has 118 valence electrons. The molecular weight excluding hydrogens is 328 g/mol. The molecule has 1 saturated carbocycles. The van der Waals surface area contributed by atoms with Gasteiger partial charge in [0.1, 0.15) is 0 Å². The maximum Gasteiger partial charge on any atom is 0.0589 e. The molecule has 0 aromatic heterocycles. The number of methoxy groups -OCH3 is 1. The monoisotopic (exact) mass is 354 g/mol. The van der Waals surface area contributed by atoms with E-state index in [0.29, 0.717) is 6.04 Å². The minimum atomic E-state index is 0.437. The number of hydrogen-bond acceptors (Lipinski definition) is 3. The van der Waals surface area contributed by atoms with Gasteiger partial charge < -0.3 is 10.1 Å². The Morgan fingerprint density at radius 3 is 2.57 bits per heavy atom. The zero-order valence-corrected chi connectivity index (χ0v) is 14.7. The molecule has 0 amide bonds. The second-order valence-electron chi connectivity index (χ2n) is 5.71. The van der Waals surface area contributed by atoms with Crippen LogP contribution >= 0.6 is 15.9 Å². The number of rotatable bonds is 10. The van der Waals surface area contributed by atoms with Crippen LogP contribution in [0.2, 0.25) is 0 Å². The van der Waals surface area contributed by atoms with Crippen molar-refractivity contribution in [2.75, 3.05) is 33.4 Å². The fraction of sp³-hybridized carbons (Fsp3) is 0.647. The highest BCUT2D eigenvalue weighted by atomic mass is 79.9. The van der Waals surface area contributed by atoms with Crippen LogP contribution in [0.4, 0.5) is 0 Å². The van der Waals surface area contributed by atoms with Gasteiger partial charge in [0.2, 0.25) is 0 Å². The number of halogens is 1. The maximum atomic E-state index is 5.24. The first kappa shape index (κ1) is 16.9. The van der Waals surface area contributed by atoms with E-state index in [1.54, 1.807) is 7.11 Å². The first-order chi connectivity index (χ1) is 10.2. The molecule has 1 aromatic rings. The summed E-state index contributed by atoms with van der Waals surface area (Å²) < 4.78 is 6.38. The van der Waals surface area contributed by atoms with Crippen LogP contribution in [0.15, 0.2) is 28.7 Å². The Kier molecular flexibility index (Phi) is 7.17. The summed E-state index contributed by atoms with van der Waals surface area (Å²) in [6.45, 7) is 6.21. The van der Waals surface area contributed by atoms with E-state index in [1.807, 2.05) is 0 Å². The average molecular weight is 355 g/mol. The predicted molar refractivity (Wildman–Crippen MR) is 91.6 cm³/mol. The number of nitrogens with zero attached hydrogens (tertiary/aromatic N) is 1. The minimum Gasteiger partial charge on any atom is -0.383 e.